The number of carboxylic acid groups (broad SMARTS) is 1. The molecule has 0 bridgehead atoms. The zero-order valence-corrected chi connectivity index (χ0v) is 34.3. The molecule has 1 saturated heterocycles. The number of aromatic nitrogens is 1. The Hall–Kier alpha value is -7.02. The van der Waals surface area contributed by atoms with Crippen molar-refractivity contribution in [2.75, 3.05) is 42.9 Å². The number of urea groups is 1. The van der Waals surface area contributed by atoms with Crippen LogP contribution in [0.1, 0.15) is 54.1 Å². The average molecular weight is 858 g/mol. The number of carbonyl (C=O) groups excluding carboxylic acids is 3. The molecule has 1 saturated carbocycles. The van der Waals surface area contributed by atoms with E-state index in [1.165, 1.54) is 11.1 Å². The van der Waals surface area contributed by atoms with Gasteiger partial charge in [0.25, 0.3) is 0 Å². The fourth-order valence-corrected chi connectivity index (χ4v) is 7.16. The summed E-state index contributed by atoms with van der Waals surface area (Å²) in [5.74, 6) is -2.05. The summed E-state index contributed by atoms with van der Waals surface area (Å²) in [5, 5.41) is 32.3. The highest BCUT2D eigenvalue weighted by Gasteiger charge is 2.47. The number of carbonyl (C=O) groups is 4. The molecule has 0 radical (unpaired) electrons. The Labute approximate surface area is 356 Å². The summed E-state index contributed by atoms with van der Waals surface area (Å²) in [6.07, 6.45) is 2.65. The van der Waals surface area contributed by atoms with Crippen molar-refractivity contribution in [2.45, 2.75) is 70.2 Å². The smallest absolute Gasteiger partial charge is 0.410 e. The predicted octanol–water partition coefficient (Wildman–Crippen LogP) is 3.71. The number of aromatic carboxylic acids is 1. The van der Waals surface area contributed by atoms with Gasteiger partial charge in [-0.15, -0.1) is 0 Å². The lowest BCUT2D eigenvalue weighted by molar-refractivity contribution is 0.0694. The van der Waals surface area contributed by atoms with Crippen LogP contribution in [0.4, 0.5) is 30.1 Å². The minimum Gasteiger partial charge on any atom is -0.477 e. The molecule has 10 N–H and O–H groups in total. The molecule has 2 aliphatic rings. The molecule has 0 spiro atoms. The lowest BCUT2D eigenvalue weighted by Gasteiger charge is -2.35. The highest BCUT2D eigenvalue weighted by Crippen LogP contribution is 2.40. The van der Waals surface area contributed by atoms with Crippen LogP contribution >= 0.6 is 0 Å². The van der Waals surface area contributed by atoms with Crippen molar-refractivity contribution in [3.8, 4) is 0 Å². The van der Waals surface area contributed by atoms with Gasteiger partial charge in [-0.3, -0.25) is 4.79 Å². The molecule has 4 aromatic rings. The summed E-state index contributed by atoms with van der Waals surface area (Å²) in [4.78, 5) is 64.4. The van der Waals surface area contributed by atoms with Crippen molar-refractivity contribution in [2.24, 2.45) is 11.5 Å². The van der Waals surface area contributed by atoms with Gasteiger partial charge in [0.05, 0.1) is 28.5 Å². The van der Waals surface area contributed by atoms with Gasteiger partial charge in [-0.05, 0) is 68.0 Å². The van der Waals surface area contributed by atoms with Gasteiger partial charge in [0.2, 0.25) is 5.43 Å². The van der Waals surface area contributed by atoms with Gasteiger partial charge in [0.1, 0.15) is 30.8 Å². The Morgan fingerprint density at radius 1 is 0.952 bits per heavy atom. The number of fused-ring (bicyclic) bond motifs is 1. The number of halogens is 1. The number of benzene rings is 3. The number of carboxylic acids is 1. The third-order valence-electron chi connectivity index (χ3n) is 10.9. The predicted molar refractivity (Wildman–Crippen MR) is 229 cm³/mol. The SMILES string of the molecule is CCn1cc(C(=O)O)c(=O)c2cc(F)c(N3CCN(C(=O)OCc4ccc(NC(O)C(CCCNC(N)=O)N/C=C(\N)C5(NC(=O)OCc6ccccc6)CC5)cc4)CC3)cc21. The number of ether oxygens (including phenoxy) is 2. The van der Waals surface area contributed by atoms with Crippen LogP contribution in [0.3, 0.4) is 0 Å². The first-order chi connectivity index (χ1) is 29.8. The highest BCUT2D eigenvalue weighted by atomic mass is 19.1. The number of aliphatic hydroxyl groups excluding tert-OH is 1. The van der Waals surface area contributed by atoms with E-state index in [4.69, 9.17) is 20.9 Å². The lowest BCUT2D eigenvalue weighted by Crippen LogP contribution is -2.49. The van der Waals surface area contributed by atoms with Crippen molar-refractivity contribution in [1.82, 2.24) is 25.4 Å². The normalized spacial score (nSPS) is 15.6. The van der Waals surface area contributed by atoms with Crippen molar-refractivity contribution >= 4 is 46.5 Å². The molecular formula is C43H52FN9O9. The Morgan fingerprint density at radius 2 is 1.63 bits per heavy atom. The molecule has 6 rings (SSSR count). The summed E-state index contributed by atoms with van der Waals surface area (Å²) in [6.45, 7) is 3.63. The maximum Gasteiger partial charge on any atom is 0.410 e. The number of nitrogens with one attached hydrogen (secondary N) is 4. The largest absolute Gasteiger partial charge is 0.477 e. The van der Waals surface area contributed by atoms with E-state index >= 15 is 4.39 Å². The monoisotopic (exact) mass is 857 g/mol. The molecule has 1 aromatic heterocycles. The molecule has 1 aliphatic heterocycles. The number of anilines is 2. The first-order valence-corrected chi connectivity index (χ1v) is 20.3. The number of pyridine rings is 1. The van der Waals surface area contributed by atoms with E-state index in [9.17, 15) is 34.2 Å². The van der Waals surface area contributed by atoms with E-state index in [2.05, 4.69) is 21.3 Å². The first kappa shape index (κ1) is 44.5. The van der Waals surface area contributed by atoms with Crippen LogP contribution in [0.5, 0.6) is 0 Å². The molecule has 62 heavy (non-hydrogen) atoms. The molecule has 18 nitrogen and oxygen atoms in total. The molecular weight excluding hydrogens is 806 g/mol. The van der Waals surface area contributed by atoms with Crippen LogP contribution in [0, 0.1) is 5.82 Å². The molecule has 19 heteroatoms. The standard InChI is InChI=1S/C43H52FN9O9/c1-2-51-24-31(39(56)57)37(54)30-21-32(44)35(22-34(30)51)52-17-19-53(20-18-52)42(60)62-26-28-10-12-29(13-11-28)49-38(55)33(9-6-16-47-40(46)58)48-23-36(45)43(14-15-43)50-41(59)61-25-27-7-4-3-5-8-27/h3-5,7-8,10-13,21-24,33,38,48-49,55H,2,6,9,14-20,25-26,45H2,1H3,(H,50,59)(H,56,57)(H3,46,47,58)/b36-23-. The lowest BCUT2D eigenvalue weighted by atomic mass is 10.1. The number of aryl methyl sites for hydroxylation is 1. The minimum absolute atomic E-state index is 0.0192. The quantitative estimate of drug-likeness (QED) is 0.0525. The third kappa shape index (κ3) is 11.2. The summed E-state index contributed by atoms with van der Waals surface area (Å²) in [7, 11) is 0. The Kier molecular flexibility index (Phi) is 14.4. The molecule has 3 aromatic carbocycles. The van der Waals surface area contributed by atoms with Crippen LogP contribution in [0.2, 0.25) is 0 Å². The second kappa shape index (κ2) is 20.0. The minimum atomic E-state index is -1.38. The van der Waals surface area contributed by atoms with E-state index in [0.717, 1.165) is 11.6 Å². The fraction of sp³-hybridized carbons (Fsp3) is 0.372. The van der Waals surface area contributed by atoms with E-state index in [0.29, 0.717) is 67.8 Å². The summed E-state index contributed by atoms with van der Waals surface area (Å²) < 4.78 is 27.9. The van der Waals surface area contributed by atoms with Gasteiger partial charge in [-0.25, -0.2) is 23.6 Å². The van der Waals surface area contributed by atoms with E-state index in [1.807, 2.05) is 30.3 Å². The molecule has 2 unspecified atom stereocenters. The van der Waals surface area contributed by atoms with Crippen molar-refractivity contribution < 1.29 is 43.3 Å². The molecule has 4 amide bonds. The second-order valence-corrected chi connectivity index (χ2v) is 15.2. The number of nitrogens with zero attached hydrogens (tertiary/aromatic N) is 3. The summed E-state index contributed by atoms with van der Waals surface area (Å²) >= 11 is 0. The number of nitrogens with two attached hydrogens (primary N) is 2. The molecule has 330 valence electrons. The molecule has 1 aliphatic carbocycles. The zero-order chi connectivity index (χ0) is 44.4. The summed E-state index contributed by atoms with van der Waals surface area (Å²) in [5.41, 5.74) is 12.8. The third-order valence-corrected chi connectivity index (χ3v) is 10.9. The van der Waals surface area contributed by atoms with E-state index in [1.54, 1.807) is 52.9 Å². The Bertz CT molecular complexity index is 2330. The van der Waals surface area contributed by atoms with Crippen LogP contribution in [-0.2, 0) is 29.2 Å². The summed E-state index contributed by atoms with van der Waals surface area (Å²) in [6, 6.07) is 17.6. The number of piperazine rings is 1. The van der Waals surface area contributed by atoms with Crippen LogP contribution < -0.4 is 43.1 Å². The number of amides is 4. The number of aliphatic hydroxyl groups is 1. The Morgan fingerprint density at radius 3 is 2.27 bits per heavy atom. The number of rotatable bonds is 18. The van der Waals surface area contributed by atoms with Crippen molar-refractivity contribution in [1.29, 1.82) is 0 Å². The second-order valence-electron chi connectivity index (χ2n) is 15.2. The maximum atomic E-state index is 15.3. The first-order valence-electron chi connectivity index (χ1n) is 20.3. The molecule has 2 heterocycles. The van der Waals surface area contributed by atoms with Gasteiger partial charge in [0.15, 0.2) is 0 Å². The highest BCUT2D eigenvalue weighted by molar-refractivity contribution is 5.93. The van der Waals surface area contributed by atoms with Gasteiger partial charge in [0, 0.05) is 62.7 Å². The van der Waals surface area contributed by atoms with Gasteiger partial charge >= 0.3 is 24.2 Å². The van der Waals surface area contributed by atoms with Crippen molar-refractivity contribution in [3.05, 3.63) is 118 Å². The maximum absolute atomic E-state index is 15.3. The molecule has 2 fully saturated rings. The van der Waals surface area contributed by atoms with Crippen LogP contribution in [0.25, 0.3) is 10.9 Å². The van der Waals surface area contributed by atoms with Gasteiger partial charge in [-0.1, -0.05) is 42.5 Å². The van der Waals surface area contributed by atoms with E-state index in [-0.39, 0.29) is 43.9 Å². The van der Waals surface area contributed by atoms with Crippen LogP contribution in [0.15, 0.2) is 89.6 Å². The number of primary amides is 1. The average Bonchev–Trinajstić information content (AvgIpc) is 4.05. The van der Waals surface area contributed by atoms with Crippen molar-refractivity contribution in [3.63, 3.8) is 0 Å². The Balaban J connectivity index is 0.994. The van der Waals surface area contributed by atoms with E-state index < -0.39 is 58.8 Å². The van der Waals surface area contributed by atoms with Gasteiger partial charge in [-0.2, -0.15) is 0 Å². The van der Waals surface area contributed by atoms with Crippen LogP contribution in [-0.4, -0.2) is 94.4 Å². The topological polar surface area (TPSA) is 256 Å². The van der Waals surface area contributed by atoms with Gasteiger partial charge < -0.3 is 66.8 Å². The zero-order valence-electron chi connectivity index (χ0n) is 34.3. The fourth-order valence-electron chi connectivity index (χ4n) is 7.16. The number of alkyl carbamates (subject to hydrolysis) is 1. The number of hydrogen-bond donors (Lipinski definition) is 8. The molecule has 2 atom stereocenters. The number of hydrogen-bond acceptors (Lipinski definition) is 12.